The highest BCUT2D eigenvalue weighted by Gasteiger charge is 2.27. The molecule has 4 nitrogen and oxygen atoms in total. The minimum Gasteiger partial charge on any atom is -0.370 e. The summed E-state index contributed by atoms with van der Waals surface area (Å²) in [6.45, 7) is 6.73. The predicted molar refractivity (Wildman–Crippen MR) is 102 cm³/mol. The number of anilines is 1. The van der Waals surface area contributed by atoms with Gasteiger partial charge in [0.2, 0.25) is 5.91 Å². The van der Waals surface area contributed by atoms with Crippen molar-refractivity contribution >= 4 is 36.4 Å². The largest absolute Gasteiger partial charge is 0.370 e. The molecule has 3 N–H and O–H groups in total. The molecule has 1 amide bonds. The number of nitrogens with zero attached hydrogens (tertiary/aromatic N) is 1. The highest BCUT2D eigenvalue weighted by Crippen LogP contribution is 2.24. The zero-order valence-corrected chi connectivity index (χ0v) is 15.6. The number of hydrogen-bond donors (Lipinski definition) is 2. The third kappa shape index (κ3) is 6.21. The highest BCUT2D eigenvalue weighted by molar-refractivity contribution is 5.85. The van der Waals surface area contributed by atoms with Crippen LogP contribution in [-0.2, 0) is 4.79 Å². The van der Waals surface area contributed by atoms with Gasteiger partial charge in [0.15, 0.2) is 0 Å². The van der Waals surface area contributed by atoms with Crippen LogP contribution in [0.2, 0.25) is 0 Å². The molecule has 0 bridgehead atoms. The van der Waals surface area contributed by atoms with E-state index in [-0.39, 0.29) is 42.7 Å². The van der Waals surface area contributed by atoms with Crippen molar-refractivity contribution in [2.24, 2.45) is 11.7 Å². The van der Waals surface area contributed by atoms with Gasteiger partial charge >= 0.3 is 0 Å². The van der Waals surface area contributed by atoms with Gasteiger partial charge < -0.3 is 16.0 Å². The second-order valence-electron chi connectivity index (χ2n) is 5.93. The Morgan fingerprint density at radius 2 is 2.00 bits per heavy atom. The number of hydrogen-bond acceptors (Lipinski definition) is 3. The first kappa shape index (κ1) is 22.0. The molecule has 0 radical (unpaired) electrons. The lowest BCUT2D eigenvalue weighted by atomic mass is 10.1. The summed E-state index contributed by atoms with van der Waals surface area (Å²) in [5.74, 6) is 0.289. The van der Waals surface area contributed by atoms with Gasteiger partial charge in [-0.25, -0.2) is 0 Å². The van der Waals surface area contributed by atoms with Crippen LogP contribution in [0.1, 0.15) is 31.7 Å². The maximum Gasteiger partial charge on any atom is 0.223 e. The summed E-state index contributed by atoms with van der Waals surface area (Å²) in [7, 11) is 0. The number of benzene rings is 1. The molecule has 2 rings (SSSR count). The molecule has 132 valence electrons. The quantitative estimate of drug-likeness (QED) is 0.818. The lowest BCUT2D eigenvalue weighted by Crippen LogP contribution is -2.37. The Balaban J connectivity index is 0.00000242. The van der Waals surface area contributed by atoms with Gasteiger partial charge in [0.25, 0.3) is 0 Å². The molecule has 0 spiro atoms. The van der Waals surface area contributed by atoms with Gasteiger partial charge in [0, 0.05) is 37.3 Å². The Hall–Kier alpha value is -0.970. The Bertz CT molecular complexity index is 485. The minimum atomic E-state index is 0. The van der Waals surface area contributed by atoms with Gasteiger partial charge in [-0.05, 0) is 44.7 Å². The number of carbonyl (C=O) groups excluding carboxylic acids is 1. The van der Waals surface area contributed by atoms with Crippen LogP contribution in [-0.4, -0.2) is 31.6 Å². The van der Waals surface area contributed by atoms with E-state index in [2.05, 4.69) is 48.3 Å². The molecule has 0 heterocycles. The predicted octanol–water partition coefficient (Wildman–Crippen LogP) is 2.91. The number of nitrogens with two attached hydrogens (primary N) is 1. The first-order chi connectivity index (χ1) is 10.1. The summed E-state index contributed by atoms with van der Waals surface area (Å²) >= 11 is 0. The van der Waals surface area contributed by atoms with Crippen molar-refractivity contribution in [1.82, 2.24) is 5.32 Å². The Labute approximate surface area is 152 Å². The highest BCUT2D eigenvalue weighted by atomic mass is 35.5. The summed E-state index contributed by atoms with van der Waals surface area (Å²) < 4.78 is 0. The van der Waals surface area contributed by atoms with E-state index in [4.69, 9.17) is 5.73 Å². The number of rotatable bonds is 6. The molecule has 0 aromatic heterocycles. The average molecular weight is 362 g/mol. The number of likely N-dealkylation sites (N-methyl/N-ethyl adjacent to an activating group) is 1. The van der Waals surface area contributed by atoms with Gasteiger partial charge in [0.1, 0.15) is 0 Å². The molecule has 1 aromatic rings. The topological polar surface area (TPSA) is 58.4 Å². The second-order valence-corrected chi connectivity index (χ2v) is 5.93. The van der Waals surface area contributed by atoms with Crippen molar-refractivity contribution in [2.75, 3.05) is 24.5 Å². The molecule has 1 aliphatic rings. The lowest BCUT2D eigenvalue weighted by Gasteiger charge is -2.25. The molecule has 0 saturated heterocycles. The standard InChI is InChI=1S/C17H27N3O.2ClH/c1-3-20(16-7-5-4-6-13(16)2)11-10-19-17(21)14-8-9-15(18)12-14;;/h4-7,14-15H,3,8-12,18H2,1-2H3,(H,19,21);2*1H. The summed E-state index contributed by atoms with van der Waals surface area (Å²) in [4.78, 5) is 14.4. The van der Waals surface area contributed by atoms with Crippen molar-refractivity contribution in [3.63, 3.8) is 0 Å². The molecule has 1 aliphatic carbocycles. The van der Waals surface area contributed by atoms with E-state index < -0.39 is 0 Å². The van der Waals surface area contributed by atoms with E-state index in [1.165, 1.54) is 11.3 Å². The molecular weight excluding hydrogens is 333 g/mol. The number of carbonyl (C=O) groups is 1. The summed E-state index contributed by atoms with van der Waals surface area (Å²) in [5, 5.41) is 3.06. The maximum atomic E-state index is 12.1. The van der Waals surface area contributed by atoms with Gasteiger partial charge in [-0.1, -0.05) is 18.2 Å². The minimum absolute atomic E-state index is 0. The Kier molecular flexibility index (Phi) is 10.3. The average Bonchev–Trinajstić information content (AvgIpc) is 2.91. The summed E-state index contributed by atoms with van der Waals surface area (Å²) in [5.41, 5.74) is 8.38. The molecule has 6 heteroatoms. The third-order valence-corrected chi connectivity index (χ3v) is 4.36. The molecule has 23 heavy (non-hydrogen) atoms. The summed E-state index contributed by atoms with van der Waals surface area (Å²) in [6.07, 6.45) is 2.74. The van der Waals surface area contributed by atoms with E-state index in [9.17, 15) is 4.79 Å². The van der Waals surface area contributed by atoms with Crippen molar-refractivity contribution in [3.8, 4) is 0 Å². The van der Waals surface area contributed by atoms with Crippen molar-refractivity contribution in [3.05, 3.63) is 29.8 Å². The Morgan fingerprint density at radius 3 is 2.57 bits per heavy atom. The zero-order valence-electron chi connectivity index (χ0n) is 14.0. The molecule has 2 atom stereocenters. The van der Waals surface area contributed by atoms with Crippen molar-refractivity contribution in [2.45, 2.75) is 39.2 Å². The van der Waals surface area contributed by atoms with Gasteiger partial charge in [0.05, 0.1) is 0 Å². The number of nitrogens with one attached hydrogen (secondary N) is 1. The summed E-state index contributed by atoms with van der Waals surface area (Å²) in [6, 6.07) is 8.58. The molecular formula is C17H29Cl2N3O. The van der Waals surface area contributed by atoms with E-state index in [1.54, 1.807) is 0 Å². The van der Waals surface area contributed by atoms with E-state index in [1.807, 2.05) is 0 Å². The van der Waals surface area contributed by atoms with Crippen LogP contribution in [0, 0.1) is 12.8 Å². The monoisotopic (exact) mass is 361 g/mol. The van der Waals surface area contributed by atoms with Crippen LogP contribution < -0.4 is 16.0 Å². The van der Waals surface area contributed by atoms with Crippen LogP contribution in [0.25, 0.3) is 0 Å². The lowest BCUT2D eigenvalue weighted by molar-refractivity contribution is -0.124. The van der Waals surface area contributed by atoms with Crippen LogP contribution in [0.3, 0.4) is 0 Å². The number of para-hydroxylation sites is 1. The fourth-order valence-corrected chi connectivity index (χ4v) is 3.08. The molecule has 1 aromatic carbocycles. The van der Waals surface area contributed by atoms with Gasteiger partial charge in [-0.15, -0.1) is 24.8 Å². The van der Waals surface area contributed by atoms with Crippen molar-refractivity contribution < 1.29 is 4.79 Å². The fraction of sp³-hybridized carbons (Fsp3) is 0.588. The fourth-order valence-electron chi connectivity index (χ4n) is 3.08. The third-order valence-electron chi connectivity index (χ3n) is 4.36. The SMILES string of the molecule is CCN(CCNC(=O)C1CCC(N)C1)c1ccccc1C.Cl.Cl. The molecule has 2 unspecified atom stereocenters. The molecule has 1 fully saturated rings. The van der Waals surface area contributed by atoms with Gasteiger partial charge in [-0.2, -0.15) is 0 Å². The van der Waals surface area contributed by atoms with Crippen LogP contribution in [0.5, 0.6) is 0 Å². The zero-order chi connectivity index (χ0) is 15.2. The normalized spacial score (nSPS) is 19.4. The van der Waals surface area contributed by atoms with Crippen LogP contribution >= 0.6 is 24.8 Å². The molecule has 0 aliphatic heterocycles. The van der Waals surface area contributed by atoms with Crippen molar-refractivity contribution in [1.29, 1.82) is 0 Å². The first-order valence-electron chi connectivity index (χ1n) is 7.95. The van der Waals surface area contributed by atoms with E-state index >= 15 is 0 Å². The first-order valence-corrected chi connectivity index (χ1v) is 7.95. The number of aryl methyl sites for hydroxylation is 1. The van der Waals surface area contributed by atoms with E-state index in [0.717, 1.165) is 32.4 Å². The number of amides is 1. The van der Waals surface area contributed by atoms with E-state index in [0.29, 0.717) is 6.54 Å². The smallest absolute Gasteiger partial charge is 0.223 e. The second kappa shape index (κ2) is 10.7. The maximum absolute atomic E-state index is 12.1. The number of halogens is 2. The van der Waals surface area contributed by atoms with Crippen LogP contribution in [0.15, 0.2) is 24.3 Å². The molecule has 1 saturated carbocycles. The van der Waals surface area contributed by atoms with Gasteiger partial charge in [-0.3, -0.25) is 4.79 Å². The Morgan fingerprint density at radius 1 is 1.30 bits per heavy atom. The van der Waals surface area contributed by atoms with Crippen LogP contribution in [0.4, 0.5) is 5.69 Å².